The third kappa shape index (κ3) is 1.80. The molecule has 0 atom stereocenters. The highest BCUT2D eigenvalue weighted by molar-refractivity contribution is 5.98. The maximum Gasteiger partial charge on any atom is 0.211 e. The Morgan fingerprint density at radius 2 is 2.00 bits per heavy atom. The van der Waals surface area contributed by atoms with Crippen molar-refractivity contribution in [3.63, 3.8) is 0 Å². The lowest BCUT2D eigenvalue weighted by molar-refractivity contribution is -0.108. The number of amides is 1. The zero-order valence-electron chi connectivity index (χ0n) is 8.97. The van der Waals surface area contributed by atoms with Crippen molar-refractivity contribution in [1.82, 2.24) is 5.32 Å². The van der Waals surface area contributed by atoms with Gasteiger partial charge in [0.25, 0.3) is 0 Å². The van der Waals surface area contributed by atoms with Crippen molar-refractivity contribution in [3.05, 3.63) is 42.5 Å². The van der Waals surface area contributed by atoms with Crippen molar-refractivity contribution in [3.8, 4) is 11.5 Å². The number of aromatic hydroxyl groups is 2. The predicted octanol–water partition coefficient (Wildman–Crippen LogP) is 1.97. The Labute approximate surface area is 97.8 Å². The normalized spacial score (nSPS) is 10.1. The molecule has 0 unspecified atom stereocenters. The van der Waals surface area contributed by atoms with Gasteiger partial charge >= 0.3 is 0 Å². The molecule has 4 heteroatoms. The molecule has 1 amide bonds. The molecular weight excluding hydrogens is 218 g/mol. The highest BCUT2D eigenvalue weighted by atomic mass is 16.3. The molecule has 0 aliphatic rings. The van der Waals surface area contributed by atoms with E-state index in [9.17, 15) is 15.0 Å². The maximum absolute atomic E-state index is 10.4. The van der Waals surface area contributed by atoms with Gasteiger partial charge in [-0.3, -0.25) is 4.79 Å². The van der Waals surface area contributed by atoms with Crippen LogP contribution in [0.3, 0.4) is 0 Å². The van der Waals surface area contributed by atoms with Crippen LogP contribution in [-0.4, -0.2) is 16.6 Å². The van der Waals surface area contributed by atoms with Crippen LogP contribution in [0.15, 0.2) is 36.9 Å². The second kappa shape index (κ2) is 4.17. The minimum atomic E-state index is -0.289. The second-order valence-corrected chi connectivity index (χ2v) is 3.58. The molecule has 3 N–H and O–H groups in total. The second-order valence-electron chi connectivity index (χ2n) is 3.58. The van der Waals surface area contributed by atoms with E-state index in [4.69, 9.17) is 0 Å². The van der Waals surface area contributed by atoms with Gasteiger partial charge in [0.15, 0.2) is 11.5 Å². The average Bonchev–Trinajstić information content (AvgIpc) is 2.31. The SMILES string of the molecule is C=C(NC=O)c1c(O)c(O)cc2ccccc12. The molecule has 0 radical (unpaired) electrons. The van der Waals surface area contributed by atoms with Crippen LogP contribution >= 0.6 is 0 Å². The molecule has 0 aliphatic carbocycles. The van der Waals surface area contributed by atoms with E-state index in [1.54, 1.807) is 18.2 Å². The summed E-state index contributed by atoms with van der Waals surface area (Å²) in [5, 5.41) is 23.3. The molecule has 0 bridgehead atoms. The molecule has 2 rings (SSSR count). The van der Waals surface area contributed by atoms with Gasteiger partial charge in [-0.05, 0) is 16.8 Å². The van der Waals surface area contributed by atoms with Gasteiger partial charge in [0.05, 0.1) is 5.56 Å². The van der Waals surface area contributed by atoms with E-state index in [1.807, 2.05) is 6.07 Å². The number of fused-ring (bicyclic) bond motifs is 1. The molecule has 0 saturated carbocycles. The van der Waals surface area contributed by atoms with Gasteiger partial charge < -0.3 is 15.5 Å². The largest absolute Gasteiger partial charge is 0.504 e. The molecule has 2 aromatic carbocycles. The van der Waals surface area contributed by atoms with Crippen LogP contribution in [0.1, 0.15) is 5.56 Å². The summed E-state index contributed by atoms with van der Waals surface area (Å²) in [7, 11) is 0. The van der Waals surface area contributed by atoms with E-state index in [2.05, 4.69) is 11.9 Å². The molecule has 0 spiro atoms. The first-order chi connectivity index (χ1) is 8.15. The van der Waals surface area contributed by atoms with Crippen LogP contribution in [0.4, 0.5) is 0 Å². The molecule has 0 aliphatic heterocycles. The summed E-state index contributed by atoms with van der Waals surface area (Å²) < 4.78 is 0. The van der Waals surface area contributed by atoms with Gasteiger partial charge in [0, 0.05) is 5.70 Å². The fourth-order valence-corrected chi connectivity index (χ4v) is 1.77. The van der Waals surface area contributed by atoms with Crippen molar-refractivity contribution in [2.24, 2.45) is 0 Å². The summed E-state index contributed by atoms with van der Waals surface area (Å²) >= 11 is 0. The van der Waals surface area contributed by atoms with E-state index in [0.717, 1.165) is 5.39 Å². The fraction of sp³-hybridized carbons (Fsp3) is 0. The van der Waals surface area contributed by atoms with E-state index in [0.29, 0.717) is 17.4 Å². The molecule has 0 saturated heterocycles. The third-order valence-corrected chi connectivity index (χ3v) is 2.54. The zero-order valence-corrected chi connectivity index (χ0v) is 8.97. The Morgan fingerprint density at radius 3 is 2.71 bits per heavy atom. The number of carbonyl (C=O) groups excluding carboxylic acids is 1. The Balaban J connectivity index is 2.78. The molecule has 86 valence electrons. The molecule has 0 aromatic heterocycles. The summed E-state index contributed by atoms with van der Waals surface area (Å²) in [6.45, 7) is 3.65. The fourth-order valence-electron chi connectivity index (χ4n) is 1.77. The van der Waals surface area contributed by atoms with Crippen molar-refractivity contribution in [1.29, 1.82) is 0 Å². The average molecular weight is 229 g/mol. The van der Waals surface area contributed by atoms with E-state index in [1.165, 1.54) is 6.07 Å². The topological polar surface area (TPSA) is 69.6 Å². The Morgan fingerprint density at radius 1 is 1.29 bits per heavy atom. The summed E-state index contributed by atoms with van der Waals surface area (Å²) in [6, 6.07) is 8.66. The quantitative estimate of drug-likeness (QED) is 0.556. The van der Waals surface area contributed by atoms with E-state index < -0.39 is 0 Å². The highest BCUT2D eigenvalue weighted by Gasteiger charge is 2.14. The first-order valence-electron chi connectivity index (χ1n) is 4.98. The van der Waals surface area contributed by atoms with Crippen molar-refractivity contribution >= 4 is 22.9 Å². The minimum absolute atomic E-state index is 0.240. The van der Waals surface area contributed by atoms with Crippen LogP contribution in [0.25, 0.3) is 16.5 Å². The van der Waals surface area contributed by atoms with Crippen LogP contribution in [0.2, 0.25) is 0 Å². The third-order valence-electron chi connectivity index (χ3n) is 2.54. The van der Waals surface area contributed by atoms with Gasteiger partial charge in [0.1, 0.15) is 0 Å². The van der Waals surface area contributed by atoms with Crippen LogP contribution in [0, 0.1) is 0 Å². The lowest BCUT2D eigenvalue weighted by Crippen LogP contribution is -2.08. The predicted molar refractivity (Wildman–Crippen MR) is 65.5 cm³/mol. The summed E-state index contributed by atoms with van der Waals surface area (Å²) in [5.41, 5.74) is 0.567. The first kappa shape index (κ1) is 11.0. The van der Waals surface area contributed by atoms with Gasteiger partial charge in [-0.25, -0.2) is 0 Å². The Kier molecular flexibility index (Phi) is 2.70. The van der Waals surface area contributed by atoms with Crippen molar-refractivity contribution in [2.45, 2.75) is 0 Å². The molecule has 0 fully saturated rings. The van der Waals surface area contributed by atoms with Crippen LogP contribution < -0.4 is 5.32 Å². The number of hydrogen-bond donors (Lipinski definition) is 3. The van der Waals surface area contributed by atoms with Crippen LogP contribution in [-0.2, 0) is 4.79 Å². The van der Waals surface area contributed by atoms with E-state index >= 15 is 0 Å². The molecule has 2 aromatic rings. The molecule has 17 heavy (non-hydrogen) atoms. The number of phenols is 2. The number of carbonyl (C=O) groups is 1. The smallest absolute Gasteiger partial charge is 0.211 e. The van der Waals surface area contributed by atoms with Crippen molar-refractivity contribution < 1.29 is 15.0 Å². The summed E-state index contributed by atoms with van der Waals surface area (Å²) in [5.74, 6) is -0.532. The first-order valence-corrected chi connectivity index (χ1v) is 4.98. The maximum atomic E-state index is 10.4. The standard InChI is InChI=1S/C13H11NO3/c1-8(14-7-15)12-10-5-3-2-4-9(10)6-11(16)13(12)17/h2-7,16-17H,1H2,(H,14,15). The lowest BCUT2D eigenvalue weighted by Gasteiger charge is -2.12. The lowest BCUT2D eigenvalue weighted by atomic mass is 10.0. The number of nitrogens with one attached hydrogen (secondary N) is 1. The van der Waals surface area contributed by atoms with Gasteiger partial charge in [-0.15, -0.1) is 0 Å². The number of hydrogen-bond acceptors (Lipinski definition) is 3. The molecular formula is C13H11NO3. The number of rotatable bonds is 3. The number of phenolic OH excluding ortho intramolecular Hbond substituents is 2. The Hall–Kier alpha value is -2.49. The zero-order chi connectivity index (χ0) is 12.4. The number of benzene rings is 2. The van der Waals surface area contributed by atoms with Crippen LogP contribution in [0.5, 0.6) is 11.5 Å². The van der Waals surface area contributed by atoms with Crippen molar-refractivity contribution in [2.75, 3.05) is 0 Å². The molecule has 4 nitrogen and oxygen atoms in total. The minimum Gasteiger partial charge on any atom is -0.504 e. The van der Waals surface area contributed by atoms with Gasteiger partial charge in [-0.2, -0.15) is 0 Å². The summed E-state index contributed by atoms with van der Waals surface area (Å²) in [6.07, 6.45) is 0.473. The summed E-state index contributed by atoms with van der Waals surface area (Å²) in [4.78, 5) is 10.4. The molecule has 0 heterocycles. The highest BCUT2D eigenvalue weighted by Crippen LogP contribution is 2.38. The Bertz CT molecular complexity index is 605. The van der Waals surface area contributed by atoms with Gasteiger partial charge in [-0.1, -0.05) is 30.8 Å². The van der Waals surface area contributed by atoms with E-state index in [-0.39, 0.29) is 17.2 Å². The van der Waals surface area contributed by atoms with Gasteiger partial charge in [0.2, 0.25) is 6.41 Å². The monoisotopic (exact) mass is 229 g/mol.